The second-order valence-electron chi connectivity index (χ2n) is 6.57. The van der Waals surface area contributed by atoms with Crippen molar-refractivity contribution in [2.45, 2.75) is 32.0 Å². The van der Waals surface area contributed by atoms with Crippen LogP contribution in [0.4, 0.5) is 13.2 Å². The zero-order valence-corrected chi connectivity index (χ0v) is 16.2. The van der Waals surface area contributed by atoms with Gasteiger partial charge < -0.3 is 14.6 Å². The van der Waals surface area contributed by atoms with Gasteiger partial charge in [-0.05, 0) is 48.4 Å². The first kappa shape index (κ1) is 21.4. The Morgan fingerprint density at radius 1 is 1.17 bits per heavy atom. The standard InChI is InChI=1S/C21H20F3N3O3/c1-29-17-10-8-15(9-11-17)20-26-19(30-27-20)7-3-6-18(28)25-13-14-4-2-5-16(12-14)21(22,23)24/h2,4-5,8-12H,3,6-7,13H2,1H3,(H,25,28). The number of nitrogens with one attached hydrogen (secondary N) is 1. The molecule has 158 valence electrons. The van der Waals surface area contributed by atoms with Crippen molar-refractivity contribution < 1.29 is 27.2 Å². The van der Waals surface area contributed by atoms with Crippen LogP contribution in [-0.4, -0.2) is 23.2 Å². The van der Waals surface area contributed by atoms with Crippen molar-refractivity contribution in [1.29, 1.82) is 0 Å². The van der Waals surface area contributed by atoms with Crippen LogP contribution in [0, 0.1) is 0 Å². The molecule has 0 atom stereocenters. The van der Waals surface area contributed by atoms with Gasteiger partial charge in [-0.3, -0.25) is 4.79 Å². The van der Waals surface area contributed by atoms with Gasteiger partial charge in [-0.15, -0.1) is 0 Å². The molecule has 1 aromatic heterocycles. The molecule has 0 aliphatic carbocycles. The zero-order valence-electron chi connectivity index (χ0n) is 16.2. The maximum Gasteiger partial charge on any atom is 0.416 e. The fraction of sp³-hybridized carbons (Fsp3) is 0.286. The Hall–Kier alpha value is -3.36. The lowest BCUT2D eigenvalue weighted by Crippen LogP contribution is -2.22. The van der Waals surface area contributed by atoms with Gasteiger partial charge in [-0.25, -0.2) is 0 Å². The molecule has 0 aliphatic heterocycles. The number of halogens is 3. The van der Waals surface area contributed by atoms with Crippen molar-refractivity contribution in [3.8, 4) is 17.1 Å². The van der Waals surface area contributed by atoms with E-state index in [4.69, 9.17) is 9.26 Å². The first-order valence-corrected chi connectivity index (χ1v) is 9.25. The predicted molar refractivity (Wildman–Crippen MR) is 103 cm³/mol. The maximum atomic E-state index is 12.7. The Bertz CT molecular complexity index is 985. The van der Waals surface area contributed by atoms with Crippen LogP contribution in [0.5, 0.6) is 5.75 Å². The first-order valence-electron chi connectivity index (χ1n) is 9.25. The monoisotopic (exact) mass is 419 g/mol. The Morgan fingerprint density at radius 3 is 2.63 bits per heavy atom. The summed E-state index contributed by atoms with van der Waals surface area (Å²) in [6, 6.07) is 12.1. The summed E-state index contributed by atoms with van der Waals surface area (Å²) in [6.07, 6.45) is -3.33. The maximum absolute atomic E-state index is 12.7. The van der Waals surface area contributed by atoms with Crippen LogP contribution in [-0.2, 0) is 23.9 Å². The lowest BCUT2D eigenvalue weighted by Gasteiger charge is -2.09. The smallest absolute Gasteiger partial charge is 0.416 e. The number of hydrogen-bond donors (Lipinski definition) is 1. The lowest BCUT2D eigenvalue weighted by atomic mass is 10.1. The molecule has 0 saturated heterocycles. The molecule has 1 N–H and O–H groups in total. The van der Waals surface area contributed by atoms with Crippen LogP contribution in [0.25, 0.3) is 11.4 Å². The second-order valence-corrected chi connectivity index (χ2v) is 6.57. The van der Waals surface area contributed by atoms with Gasteiger partial charge in [0.15, 0.2) is 0 Å². The third kappa shape index (κ3) is 5.82. The molecule has 3 aromatic rings. The van der Waals surface area contributed by atoms with Gasteiger partial charge in [0.05, 0.1) is 12.7 Å². The minimum Gasteiger partial charge on any atom is -0.497 e. The topological polar surface area (TPSA) is 77.2 Å². The number of alkyl halides is 3. The highest BCUT2D eigenvalue weighted by Crippen LogP contribution is 2.29. The van der Waals surface area contributed by atoms with Crippen LogP contribution < -0.4 is 10.1 Å². The minimum atomic E-state index is -4.41. The summed E-state index contributed by atoms with van der Waals surface area (Å²) in [5.74, 6) is 1.31. The fourth-order valence-electron chi connectivity index (χ4n) is 2.76. The van der Waals surface area contributed by atoms with Crippen molar-refractivity contribution in [2.75, 3.05) is 7.11 Å². The van der Waals surface area contributed by atoms with Crippen LogP contribution in [0.3, 0.4) is 0 Å². The third-order valence-corrected chi connectivity index (χ3v) is 4.35. The van der Waals surface area contributed by atoms with Crippen molar-refractivity contribution in [3.63, 3.8) is 0 Å². The highest BCUT2D eigenvalue weighted by molar-refractivity contribution is 5.75. The summed E-state index contributed by atoms with van der Waals surface area (Å²) in [5, 5.41) is 6.55. The van der Waals surface area contributed by atoms with Crippen molar-refractivity contribution >= 4 is 5.91 Å². The molecule has 0 fully saturated rings. The van der Waals surface area contributed by atoms with E-state index in [0.717, 1.165) is 23.4 Å². The lowest BCUT2D eigenvalue weighted by molar-refractivity contribution is -0.137. The van der Waals surface area contributed by atoms with Crippen LogP contribution >= 0.6 is 0 Å². The van der Waals surface area contributed by atoms with E-state index >= 15 is 0 Å². The number of amides is 1. The number of rotatable bonds is 8. The SMILES string of the molecule is COc1ccc(-c2noc(CCCC(=O)NCc3cccc(C(F)(F)F)c3)n2)cc1. The number of carbonyl (C=O) groups is 1. The molecule has 30 heavy (non-hydrogen) atoms. The Morgan fingerprint density at radius 2 is 1.93 bits per heavy atom. The first-order chi connectivity index (χ1) is 14.3. The third-order valence-electron chi connectivity index (χ3n) is 4.35. The molecule has 0 aliphatic rings. The van der Waals surface area contributed by atoms with Crippen LogP contribution in [0.2, 0.25) is 0 Å². The quantitative estimate of drug-likeness (QED) is 0.586. The van der Waals surface area contributed by atoms with Crippen molar-refractivity contribution in [2.24, 2.45) is 0 Å². The molecule has 9 heteroatoms. The van der Waals surface area contributed by atoms with Crippen LogP contribution in [0.1, 0.15) is 29.9 Å². The summed E-state index contributed by atoms with van der Waals surface area (Å²) in [6.45, 7) is 0.0327. The van der Waals surface area contributed by atoms with E-state index in [2.05, 4.69) is 15.5 Å². The second kappa shape index (κ2) is 9.43. The highest BCUT2D eigenvalue weighted by Gasteiger charge is 2.30. The molecule has 2 aromatic carbocycles. The van der Waals surface area contributed by atoms with E-state index in [9.17, 15) is 18.0 Å². The highest BCUT2D eigenvalue weighted by atomic mass is 19.4. The average Bonchev–Trinajstić information content (AvgIpc) is 3.21. The summed E-state index contributed by atoms with van der Waals surface area (Å²) >= 11 is 0. The van der Waals surface area contributed by atoms with E-state index in [1.165, 1.54) is 12.1 Å². The van der Waals surface area contributed by atoms with Gasteiger partial charge in [0.25, 0.3) is 0 Å². The van der Waals surface area contributed by atoms with E-state index in [1.54, 1.807) is 19.2 Å². The number of aryl methyl sites for hydroxylation is 1. The Balaban J connectivity index is 1.44. The normalized spacial score (nSPS) is 11.3. The average molecular weight is 419 g/mol. The number of benzene rings is 2. The molecule has 1 amide bonds. The number of carbonyl (C=O) groups excluding carboxylic acids is 1. The minimum absolute atomic E-state index is 0.0327. The molecular weight excluding hydrogens is 399 g/mol. The van der Waals surface area contributed by atoms with E-state index in [0.29, 0.717) is 30.1 Å². The molecule has 0 radical (unpaired) electrons. The van der Waals surface area contributed by atoms with E-state index in [1.807, 2.05) is 12.1 Å². The number of ether oxygens (including phenoxy) is 1. The number of nitrogens with zero attached hydrogens (tertiary/aromatic N) is 2. The van der Waals surface area contributed by atoms with Gasteiger partial charge in [-0.2, -0.15) is 18.2 Å². The molecule has 0 unspecified atom stereocenters. The van der Waals surface area contributed by atoms with Crippen LogP contribution in [0.15, 0.2) is 53.1 Å². The summed E-state index contributed by atoms with van der Waals surface area (Å²) in [7, 11) is 1.58. The zero-order chi connectivity index (χ0) is 21.6. The Labute approximate surface area is 171 Å². The van der Waals surface area contributed by atoms with Gasteiger partial charge >= 0.3 is 6.18 Å². The van der Waals surface area contributed by atoms with E-state index in [-0.39, 0.29) is 18.9 Å². The largest absolute Gasteiger partial charge is 0.497 e. The molecular formula is C21H20F3N3O3. The summed E-state index contributed by atoms with van der Waals surface area (Å²) in [4.78, 5) is 16.3. The van der Waals surface area contributed by atoms with Gasteiger partial charge in [0.1, 0.15) is 5.75 Å². The van der Waals surface area contributed by atoms with Gasteiger partial charge in [0.2, 0.25) is 17.6 Å². The molecule has 0 saturated carbocycles. The van der Waals surface area contributed by atoms with Crippen molar-refractivity contribution in [1.82, 2.24) is 15.5 Å². The molecule has 1 heterocycles. The number of hydrogen-bond acceptors (Lipinski definition) is 5. The summed E-state index contributed by atoms with van der Waals surface area (Å²) in [5.41, 5.74) is 0.433. The molecule has 0 bridgehead atoms. The summed E-state index contributed by atoms with van der Waals surface area (Å²) < 4.78 is 48.5. The Kier molecular flexibility index (Phi) is 6.71. The molecule has 0 spiro atoms. The van der Waals surface area contributed by atoms with Gasteiger partial charge in [0, 0.05) is 24.9 Å². The molecule has 3 rings (SSSR count). The molecule has 6 nitrogen and oxygen atoms in total. The van der Waals surface area contributed by atoms with Crippen molar-refractivity contribution in [3.05, 3.63) is 65.5 Å². The van der Waals surface area contributed by atoms with E-state index < -0.39 is 11.7 Å². The predicted octanol–water partition coefficient (Wildman–Crippen LogP) is 4.40. The number of methoxy groups -OCH3 is 1. The number of aromatic nitrogens is 2. The fourth-order valence-corrected chi connectivity index (χ4v) is 2.76. The van der Waals surface area contributed by atoms with Gasteiger partial charge in [-0.1, -0.05) is 17.3 Å².